The van der Waals surface area contributed by atoms with Gasteiger partial charge in [-0.3, -0.25) is 9.79 Å². The maximum atomic E-state index is 12.0. The van der Waals surface area contributed by atoms with Crippen molar-refractivity contribution in [2.75, 3.05) is 20.2 Å². The Morgan fingerprint density at radius 2 is 1.75 bits per heavy atom. The van der Waals surface area contributed by atoms with Crippen LogP contribution in [0.3, 0.4) is 0 Å². The van der Waals surface area contributed by atoms with Crippen LogP contribution in [-0.2, 0) is 13.1 Å². The van der Waals surface area contributed by atoms with Crippen molar-refractivity contribution in [1.29, 1.82) is 0 Å². The molecule has 0 atom stereocenters. The van der Waals surface area contributed by atoms with Crippen LogP contribution in [0, 0.1) is 0 Å². The van der Waals surface area contributed by atoms with Gasteiger partial charge < -0.3 is 20.7 Å². The molecule has 0 unspecified atom stereocenters. The zero-order valence-electron chi connectivity index (χ0n) is 16.6. The summed E-state index contributed by atoms with van der Waals surface area (Å²) in [6.45, 7) is 6.30. The first-order chi connectivity index (χ1) is 13.2. The molecule has 0 radical (unpaired) electrons. The maximum absolute atomic E-state index is 12.0. The second kappa shape index (κ2) is 13.0. The van der Waals surface area contributed by atoms with Crippen molar-refractivity contribution in [1.82, 2.24) is 16.0 Å². The van der Waals surface area contributed by atoms with E-state index in [2.05, 4.69) is 20.9 Å². The highest BCUT2D eigenvalue weighted by molar-refractivity contribution is 14.0. The fraction of sp³-hybridized carbons (Fsp3) is 0.333. The minimum atomic E-state index is -0.0608. The highest BCUT2D eigenvalue weighted by Crippen LogP contribution is 2.17. The molecule has 0 heterocycles. The van der Waals surface area contributed by atoms with E-state index >= 15 is 0 Å². The topological polar surface area (TPSA) is 74.8 Å². The molecule has 0 saturated carbocycles. The number of nitrogens with zero attached hydrogens (tertiary/aromatic N) is 1. The Labute approximate surface area is 184 Å². The molecule has 0 aromatic heterocycles. The predicted octanol–water partition coefficient (Wildman–Crippen LogP) is 3.32. The van der Waals surface area contributed by atoms with Gasteiger partial charge in [0.1, 0.15) is 5.75 Å². The quantitative estimate of drug-likeness (QED) is 0.298. The van der Waals surface area contributed by atoms with Gasteiger partial charge in [0.25, 0.3) is 5.91 Å². The van der Waals surface area contributed by atoms with Gasteiger partial charge >= 0.3 is 0 Å². The first-order valence-corrected chi connectivity index (χ1v) is 9.20. The van der Waals surface area contributed by atoms with Crippen LogP contribution in [0.5, 0.6) is 5.75 Å². The van der Waals surface area contributed by atoms with Crippen LogP contribution in [0.25, 0.3) is 0 Å². The Hall–Kier alpha value is -2.29. The highest BCUT2D eigenvalue weighted by atomic mass is 127. The van der Waals surface area contributed by atoms with Gasteiger partial charge in [-0.2, -0.15) is 0 Å². The predicted molar refractivity (Wildman–Crippen MR) is 125 cm³/mol. The zero-order chi connectivity index (χ0) is 19.5. The Kier molecular flexibility index (Phi) is 11.0. The average molecular weight is 496 g/mol. The van der Waals surface area contributed by atoms with Crippen LogP contribution in [0.1, 0.15) is 35.3 Å². The van der Waals surface area contributed by atoms with E-state index in [-0.39, 0.29) is 29.9 Å². The molecule has 152 valence electrons. The van der Waals surface area contributed by atoms with Gasteiger partial charge in [-0.1, -0.05) is 30.3 Å². The van der Waals surface area contributed by atoms with Crippen molar-refractivity contribution in [2.24, 2.45) is 4.99 Å². The van der Waals surface area contributed by atoms with Crippen molar-refractivity contribution < 1.29 is 9.53 Å². The molecular weight excluding hydrogens is 467 g/mol. The molecular formula is C21H29IN4O2. The van der Waals surface area contributed by atoms with E-state index in [9.17, 15) is 4.79 Å². The Morgan fingerprint density at radius 1 is 1.00 bits per heavy atom. The van der Waals surface area contributed by atoms with Crippen molar-refractivity contribution >= 4 is 35.8 Å². The number of benzene rings is 2. The van der Waals surface area contributed by atoms with Crippen molar-refractivity contribution in [3.63, 3.8) is 0 Å². The number of amides is 1. The number of carbonyl (C=O) groups is 1. The zero-order valence-corrected chi connectivity index (χ0v) is 18.9. The van der Waals surface area contributed by atoms with Gasteiger partial charge in [0.2, 0.25) is 0 Å². The Balaban J connectivity index is 0.00000392. The van der Waals surface area contributed by atoms with Crippen LogP contribution in [0.4, 0.5) is 0 Å². The smallest absolute Gasteiger partial charge is 0.251 e. The summed E-state index contributed by atoms with van der Waals surface area (Å²) in [5.74, 6) is 1.50. The molecule has 0 saturated heterocycles. The normalized spacial score (nSPS) is 10.6. The number of halogens is 1. The lowest BCUT2D eigenvalue weighted by atomic mass is 10.1. The number of para-hydroxylation sites is 1. The monoisotopic (exact) mass is 496 g/mol. The fourth-order valence-electron chi connectivity index (χ4n) is 2.62. The summed E-state index contributed by atoms with van der Waals surface area (Å²) in [6, 6.07) is 15.5. The van der Waals surface area contributed by atoms with Gasteiger partial charge in [-0.05, 0) is 37.6 Å². The van der Waals surface area contributed by atoms with E-state index in [0.29, 0.717) is 37.8 Å². The molecule has 0 fully saturated rings. The van der Waals surface area contributed by atoms with E-state index < -0.39 is 0 Å². The summed E-state index contributed by atoms with van der Waals surface area (Å²) in [4.78, 5) is 16.2. The summed E-state index contributed by atoms with van der Waals surface area (Å²) in [5, 5.41) is 9.38. The molecule has 1 amide bonds. The Morgan fingerprint density at radius 3 is 2.46 bits per heavy atom. The van der Waals surface area contributed by atoms with Crippen molar-refractivity contribution in [3.05, 3.63) is 65.2 Å². The van der Waals surface area contributed by atoms with Crippen LogP contribution >= 0.6 is 24.0 Å². The van der Waals surface area contributed by atoms with E-state index in [1.807, 2.05) is 62.4 Å². The molecule has 0 aliphatic rings. The highest BCUT2D eigenvalue weighted by Gasteiger charge is 2.06. The molecule has 0 aliphatic heterocycles. The summed E-state index contributed by atoms with van der Waals surface area (Å²) in [7, 11) is 1.73. The lowest BCUT2D eigenvalue weighted by Crippen LogP contribution is -2.36. The van der Waals surface area contributed by atoms with Gasteiger partial charge in [0.15, 0.2) is 5.96 Å². The fourth-order valence-corrected chi connectivity index (χ4v) is 2.62. The third kappa shape index (κ3) is 7.38. The number of aliphatic imine (C=N–C) groups is 1. The molecule has 2 rings (SSSR count). The van der Waals surface area contributed by atoms with Crippen molar-refractivity contribution in [3.8, 4) is 5.75 Å². The molecule has 2 aromatic rings. The summed E-state index contributed by atoms with van der Waals surface area (Å²) in [5.41, 5.74) is 2.74. The minimum Gasteiger partial charge on any atom is -0.494 e. The number of nitrogens with one attached hydrogen (secondary N) is 3. The molecule has 7 heteroatoms. The number of ether oxygens (including phenoxy) is 1. The molecule has 2 aromatic carbocycles. The van der Waals surface area contributed by atoms with Crippen LogP contribution in [0.15, 0.2) is 53.5 Å². The number of hydrogen-bond acceptors (Lipinski definition) is 3. The molecule has 28 heavy (non-hydrogen) atoms. The first-order valence-electron chi connectivity index (χ1n) is 9.20. The SMILES string of the molecule is CCNC(=O)c1cccc(CNC(=NC)NCc2ccccc2OCC)c1.I. The molecule has 0 spiro atoms. The number of carbonyl (C=O) groups excluding carboxylic acids is 1. The molecule has 0 aliphatic carbocycles. The minimum absolute atomic E-state index is 0. The number of rotatable bonds is 8. The summed E-state index contributed by atoms with van der Waals surface area (Å²) >= 11 is 0. The van der Waals surface area contributed by atoms with Gasteiger partial charge in [-0.15, -0.1) is 24.0 Å². The second-order valence-corrected chi connectivity index (χ2v) is 5.88. The standard InChI is InChI=1S/C21H28N4O2.HI/c1-4-23-20(26)17-11-8-9-16(13-17)14-24-21(22-3)25-15-18-10-6-7-12-19(18)27-5-2;/h6-13H,4-5,14-15H2,1-3H3,(H,23,26)(H2,22,24,25);1H. The summed E-state index contributed by atoms with van der Waals surface area (Å²) in [6.07, 6.45) is 0. The van der Waals surface area contributed by atoms with E-state index in [1.54, 1.807) is 7.05 Å². The maximum Gasteiger partial charge on any atom is 0.251 e. The lowest BCUT2D eigenvalue weighted by Gasteiger charge is -2.14. The van der Waals surface area contributed by atoms with Gasteiger partial charge in [-0.25, -0.2) is 0 Å². The largest absolute Gasteiger partial charge is 0.494 e. The van der Waals surface area contributed by atoms with Crippen LogP contribution < -0.4 is 20.7 Å². The molecule has 0 bridgehead atoms. The Bertz CT molecular complexity index is 781. The van der Waals surface area contributed by atoms with Crippen LogP contribution in [0.2, 0.25) is 0 Å². The summed E-state index contributed by atoms with van der Waals surface area (Å²) < 4.78 is 5.65. The third-order valence-corrected chi connectivity index (χ3v) is 3.93. The van der Waals surface area contributed by atoms with E-state index in [4.69, 9.17) is 4.74 Å². The number of guanidine groups is 1. The molecule has 6 nitrogen and oxygen atoms in total. The second-order valence-electron chi connectivity index (χ2n) is 5.88. The lowest BCUT2D eigenvalue weighted by molar-refractivity contribution is 0.0955. The third-order valence-electron chi connectivity index (χ3n) is 3.93. The number of hydrogen-bond donors (Lipinski definition) is 3. The van der Waals surface area contributed by atoms with Crippen molar-refractivity contribution in [2.45, 2.75) is 26.9 Å². The first kappa shape index (κ1) is 23.7. The average Bonchev–Trinajstić information content (AvgIpc) is 2.70. The molecule has 3 N–H and O–H groups in total. The van der Waals surface area contributed by atoms with E-state index in [0.717, 1.165) is 16.9 Å². The van der Waals surface area contributed by atoms with Gasteiger partial charge in [0.05, 0.1) is 6.61 Å². The van der Waals surface area contributed by atoms with E-state index in [1.165, 1.54) is 0 Å². The van der Waals surface area contributed by atoms with Gasteiger partial charge in [0, 0.05) is 37.8 Å². The van der Waals surface area contributed by atoms with Crippen LogP contribution in [-0.4, -0.2) is 32.1 Å².